The van der Waals surface area contributed by atoms with Gasteiger partial charge in [-0.3, -0.25) is 0 Å². The minimum Gasteiger partial charge on any atom is -0.384 e. The van der Waals surface area contributed by atoms with E-state index < -0.39 is 15.6 Å². The molecule has 0 aromatic heterocycles. The van der Waals surface area contributed by atoms with Gasteiger partial charge in [0, 0.05) is 11.1 Å². The molecule has 0 aliphatic rings. The van der Waals surface area contributed by atoms with E-state index in [4.69, 9.17) is 5.11 Å². The van der Waals surface area contributed by atoms with Crippen LogP contribution < -0.4 is 4.72 Å². The lowest BCUT2D eigenvalue weighted by molar-refractivity contribution is 0.350. The molecule has 18 heavy (non-hydrogen) atoms. The smallest absolute Gasteiger partial charge is 0.242 e. The number of aliphatic hydroxyl groups is 1. The van der Waals surface area contributed by atoms with Crippen molar-refractivity contribution in [3.8, 4) is 11.8 Å². The van der Waals surface area contributed by atoms with Crippen molar-refractivity contribution in [3.05, 3.63) is 29.8 Å². The summed E-state index contributed by atoms with van der Waals surface area (Å²) in [6.07, 6.45) is 0. The molecule has 0 aliphatic carbocycles. The van der Waals surface area contributed by atoms with Gasteiger partial charge in [0.25, 0.3) is 0 Å². The van der Waals surface area contributed by atoms with Crippen molar-refractivity contribution in [1.29, 1.82) is 0 Å². The predicted octanol–water partition coefficient (Wildman–Crippen LogP) is 1.11. The monoisotopic (exact) mass is 267 g/mol. The molecule has 1 aromatic rings. The van der Waals surface area contributed by atoms with Crippen LogP contribution in [0.5, 0.6) is 0 Å². The average Bonchev–Trinajstić information content (AvgIpc) is 2.23. The van der Waals surface area contributed by atoms with E-state index in [2.05, 4.69) is 16.6 Å². The van der Waals surface area contributed by atoms with Gasteiger partial charge in [-0.05, 0) is 32.9 Å². The van der Waals surface area contributed by atoms with Gasteiger partial charge in [-0.2, -0.15) is 0 Å². The zero-order valence-electron chi connectivity index (χ0n) is 10.7. The zero-order chi connectivity index (χ0) is 13.8. The first-order valence-electron chi connectivity index (χ1n) is 5.49. The van der Waals surface area contributed by atoms with Crippen LogP contribution in [0.1, 0.15) is 26.3 Å². The molecular formula is C13H17NO3S. The van der Waals surface area contributed by atoms with Crippen molar-refractivity contribution in [2.24, 2.45) is 0 Å². The molecule has 1 aromatic carbocycles. The number of sulfonamides is 1. The van der Waals surface area contributed by atoms with Crippen molar-refractivity contribution in [2.45, 2.75) is 31.2 Å². The summed E-state index contributed by atoms with van der Waals surface area (Å²) in [7, 11) is -3.61. The third kappa shape index (κ3) is 4.15. The Bertz CT molecular complexity index is 574. The first-order chi connectivity index (χ1) is 8.26. The number of hydrogen-bond acceptors (Lipinski definition) is 3. The molecule has 0 saturated carbocycles. The van der Waals surface area contributed by atoms with Crippen LogP contribution in [0.2, 0.25) is 0 Å². The van der Waals surface area contributed by atoms with Crippen LogP contribution in [0.3, 0.4) is 0 Å². The first kappa shape index (κ1) is 14.7. The van der Waals surface area contributed by atoms with Gasteiger partial charge in [0.15, 0.2) is 0 Å². The Labute approximate surface area is 108 Å². The molecule has 0 bridgehead atoms. The third-order valence-electron chi connectivity index (χ3n) is 1.92. The first-order valence-corrected chi connectivity index (χ1v) is 6.97. The van der Waals surface area contributed by atoms with Gasteiger partial charge < -0.3 is 5.11 Å². The molecule has 0 radical (unpaired) electrons. The van der Waals surface area contributed by atoms with Crippen molar-refractivity contribution < 1.29 is 13.5 Å². The number of nitrogens with one attached hydrogen (secondary N) is 1. The fraction of sp³-hybridized carbons (Fsp3) is 0.385. The third-order valence-corrected chi connectivity index (χ3v) is 3.74. The van der Waals surface area contributed by atoms with E-state index in [1.165, 1.54) is 6.07 Å². The molecule has 0 atom stereocenters. The van der Waals surface area contributed by atoms with Gasteiger partial charge in [0.05, 0.1) is 4.90 Å². The number of rotatable bonds is 2. The van der Waals surface area contributed by atoms with E-state index in [1.54, 1.807) is 39.0 Å². The molecular weight excluding hydrogens is 250 g/mol. The Hall–Kier alpha value is -1.35. The highest BCUT2D eigenvalue weighted by molar-refractivity contribution is 7.89. The molecule has 0 fully saturated rings. The summed E-state index contributed by atoms with van der Waals surface area (Å²) in [5.74, 6) is 5.09. The van der Waals surface area contributed by atoms with Crippen LogP contribution in [-0.2, 0) is 10.0 Å². The van der Waals surface area contributed by atoms with Gasteiger partial charge in [0.2, 0.25) is 10.0 Å². The van der Waals surface area contributed by atoms with Gasteiger partial charge in [0.1, 0.15) is 6.61 Å². The standard InChI is InChI=1S/C13H17NO3S/c1-13(2,3)14-18(16,17)12-9-5-4-7-11(12)8-6-10-15/h4-5,7,9,14-15H,10H2,1-3H3. The second kappa shape index (κ2) is 5.53. The van der Waals surface area contributed by atoms with Crippen molar-refractivity contribution in [3.63, 3.8) is 0 Å². The Morgan fingerprint density at radius 3 is 2.44 bits per heavy atom. The molecule has 4 nitrogen and oxygen atoms in total. The maximum atomic E-state index is 12.2. The second-order valence-corrected chi connectivity index (χ2v) is 6.46. The topological polar surface area (TPSA) is 66.4 Å². The number of aliphatic hydroxyl groups excluding tert-OH is 1. The van der Waals surface area contributed by atoms with Crippen molar-refractivity contribution >= 4 is 10.0 Å². The lowest BCUT2D eigenvalue weighted by atomic mass is 10.1. The zero-order valence-corrected chi connectivity index (χ0v) is 11.5. The Balaban J connectivity index is 3.25. The van der Waals surface area contributed by atoms with Gasteiger partial charge >= 0.3 is 0 Å². The van der Waals surface area contributed by atoms with E-state index in [-0.39, 0.29) is 11.5 Å². The fourth-order valence-electron chi connectivity index (χ4n) is 1.40. The molecule has 0 amide bonds. The summed E-state index contributed by atoms with van der Waals surface area (Å²) >= 11 is 0. The summed E-state index contributed by atoms with van der Waals surface area (Å²) in [5, 5.41) is 8.67. The van der Waals surface area contributed by atoms with E-state index in [1.807, 2.05) is 0 Å². The van der Waals surface area contributed by atoms with Crippen molar-refractivity contribution in [1.82, 2.24) is 4.72 Å². The molecule has 0 aliphatic heterocycles. The van der Waals surface area contributed by atoms with Crippen LogP contribution in [0.15, 0.2) is 29.2 Å². The summed E-state index contributed by atoms with van der Waals surface area (Å²) in [6.45, 7) is 5.01. The summed E-state index contributed by atoms with van der Waals surface area (Å²) < 4.78 is 27.0. The molecule has 1 rings (SSSR count). The highest BCUT2D eigenvalue weighted by Gasteiger charge is 2.23. The largest absolute Gasteiger partial charge is 0.384 e. The van der Waals surface area contributed by atoms with Crippen LogP contribution in [0, 0.1) is 11.8 Å². The quantitative estimate of drug-likeness (QED) is 0.789. The Kier molecular flexibility index (Phi) is 4.52. The lowest BCUT2D eigenvalue weighted by Gasteiger charge is -2.20. The number of benzene rings is 1. The minimum absolute atomic E-state index is 0.126. The molecule has 0 heterocycles. The average molecular weight is 267 g/mol. The molecule has 0 saturated heterocycles. The Morgan fingerprint density at radius 2 is 1.89 bits per heavy atom. The molecule has 0 spiro atoms. The highest BCUT2D eigenvalue weighted by atomic mass is 32.2. The van der Waals surface area contributed by atoms with Gasteiger partial charge in [-0.25, -0.2) is 13.1 Å². The van der Waals surface area contributed by atoms with Gasteiger partial charge in [-0.15, -0.1) is 0 Å². The van der Waals surface area contributed by atoms with E-state index in [9.17, 15) is 8.42 Å². The van der Waals surface area contributed by atoms with E-state index >= 15 is 0 Å². The minimum atomic E-state index is -3.61. The Morgan fingerprint density at radius 1 is 1.28 bits per heavy atom. The fourth-order valence-corrected chi connectivity index (χ4v) is 2.98. The van der Waals surface area contributed by atoms with Gasteiger partial charge in [-0.1, -0.05) is 24.0 Å². The molecule has 5 heteroatoms. The van der Waals surface area contributed by atoms with Crippen LogP contribution in [-0.4, -0.2) is 25.7 Å². The second-order valence-electron chi connectivity index (χ2n) is 4.81. The highest BCUT2D eigenvalue weighted by Crippen LogP contribution is 2.16. The summed E-state index contributed by atoms with van der Waals surface area (Å²) in [5.41, 5.74) is -0.181. The van der Waals surface area contributed by atoms with Crippen LogP contribution in [0.4, 0.5) is 0 Å². The van der Waals surface area contributed by atoms with Crippen LogP contribution >= 0.6 is 0 Å². The summed E-state index contributed by atoms with van der Waals surface area (Å²) in [6, 6.07) is 6.45. The molecule has 0 unspecified atom stereocenters. The van der Waals surface area contributed by atoms with Crippen molar-refractivity contribution in [2.75, 3.05) is 6.61 Å². The molecule has 98 valence electrons. The van der Waals surface area contributed by atoms with E-state index in [0.29, 0.717) is 5.56 Å². The van der Waals surface area contributed by atoms with E-state index in [0.717, 1.165) is 0 Å². The molecule has 2 N–H and O–H groups in total. The number of hydrogen-bond donors (Lipinski definition) is 2. The SMILES string of the molecule is CC(C)(C)NS(=O)(=O)c1ccccc1C#CCO. The maximum absolute atomic E-state index is 12.2. The van der Waals surface area contributed by atoms with Crippen LogP contribution in [0.25, 0.3) is 0 Å². The predicted molar refractivity (Wildman–Crippen MR) is 70.5 cm³/mol. The lowest BCUT2D eigenvalue weighted by Crippen LogP contribution is -2.40. The summed E-state index contributed by atoms with van der Waals surface area (Å²) in [4.78, 5) is 0.126. The normalized spacial score (nSPS) is 11.8. The maximum Gasteiger partial charge on any atom is 0.242 e.